The number of hydrogen-bond acceptors (Lipinski definition) is 3. The lowest BCUT2D eigenvalue weighted by molar-refractivity contribution is -0.165. The predicted octanol–water partition coefficient (Wildman–Crippen LogP) is 4.53. The maximum absolute atomic E-state index is 12.3. The molecule has 0 aliphatic heterocycles. The van der Waals surface area contributed by atoms with Gasteiger partial charge in [0.2, 0.25) is 0 Å². The van der Waals surface area contributed by atoms with Crippen LogP contribution in [0, 0.1) is 0 Å². The number of thiophene rings is 1. The van der Waals surface area contributed by atoms with E-state index in [1.165, 1.54) is 7.11 Å². The molecule has 0 radical (unpaired) electrons. The van der Waals surface area contributed by atoms with Crippen LogP contribution in [0.1, 0.15) is 5.56 Å². The van der Waals surface area contributed by atoms with Crippen LogP contribution in [-0.2, 0) is 9.53 Å². The quantitative estimate of drug-likeness (QED) is 0.612. The Kier molecular flexibility index (Phi) is 4.47. The van der Waals surface area contributed by atoms with Crippen molar-refractivity contribution in [1.82, 2.24) is 0 Å². The minimum atomic E-state index is -4.90. The third-order valence-corrected chi connectivity index (χ3v) is 3.66. The van der Waals surface area contributed by atoms with E-state index in [1.807, 2.05) is 17.5 Å². The smallest absolute Gasteiger partial charge is 0.454 e. The van der Waals surface area contributed by atoms with E-state index >= 15 is 0 Å². The van der Waals surface area contributed by atoms with Crippen LogP contribution in [0.2, 0.25) is 0 Å². The van der Waals surface area contributed by atoms with E-state index in [2.05, 4.69) is 0 Å². The summed E-state index contributed by atoms with van der Waals surface area (Å²) in [6.07, 6.45) is -4.44. The molecule has 1 aromatic heterocycles. The summed E-state index contributed by atoms with van der Waals surface area (Å²) in [4.78, 5) is 12.0. The first-order valence-electron chi connectivity index (χ1n) is 5.93. The number of halogens is 3. The van der Waals surface area contributed by atoms with Crippen molar-refractivity contribution < 1.29 is 22.7 Å². The van der Waals surface area contributed by atoms with Crippen molar-refractivity contribution in [3.8, 4) is 10.4 Å². The van der Waals surface area contributed by atoms with Gasteiger partial charge >= 0.3 is 6.18 Å². The highest BCUT2D eigenvalue weighted by Gasteiger charge is 2.37. The number of ether oxygens (including phenoxy) is 1. The molecule has 0 spiro atoms. The molecule has 21 heavy (non-hydrogen) atoms. The molecule has 2 rings (SSSR count). The van der Waals surface area contributed by atoms with Crippen molar-refractivity contribution in [1.29, 1.82) is 0 Å². The van der Waals surface area contributed by atoms with Gasteiger partial charge in [0.25, 0.3) is 5.78 Å². The van der Waals surface area contributed by atoms with Gasteiger partial charge in [-0.05, 0) is 17.0 Å². The van der Waals surface area contributed by atoms with E-state index in [1.54, 1.807) is 35.6 Å². The second-order valence-electron chi connectivity index (χ2n) is 4.13. The van der Waals surface area contributed by atoms with Gasteiger partial charge in [0.05, 0.1) is 7.11 Å². The number of rotatable bonds is 4. The molecule has 1 aromatic carbocycles. The van der Waals surface area contributed by atoms with Gasteiger partial charge in [-0.25, -0.2) is 0 Å². The Labute approximate surface area is 123 Å². The summed E-state index contributed by atoms with van der Waals surface area (Å²) in [6, 6.07) is 10.6. The third kappa shape index (κ3) is 3.72. The zero-order valence-electron chi connectivity index (χ0n) is 11.0. The van der Waals surface area contributed by atoms with Crippen molar-refractivity contribution in [2.75, 3.05) is 7.11 Å². The van der Waals surface area contributed by atoms with E-state index < -0.39 is 12.0 Å². The zero-order valence-corrected chi connectivity index (χ0v) is 11.8. The molecule has 0 unspecified atom stereocenters. The Morgan fingerprint density at radius 1 is 1.19 bits per heavy atom. The Balaban J connectivity index is 2.28. The molecular weight excluding hydrogens is 301 g/mol. The van der Waals surface area contributed by atoms with Gasteiger partial charge in [-0.15, -0.1) is 11.3 Å². The molecule has 1 heterocycles. The van der Waals surface area contributed by atoms with Crippen molar-refractivity contribution in [2.24, 2.45) is 0 Å². The highest BCUT2D eigenvalue weighted by molar-refractivity contribution is 7.13. The first-order valence-corrected chi connectivity index (χ1v) is 6.81. The van der Waals surface area contributed by atoms with Crippen LogP contribution < -0.4 is 0 Å². The molecule has 110 valence electrons. The Morgan fingerprint density at radius 3 is 2.33 bits per heavy atom. The van der Waals surface area contributed by atoms with Crippen LogP contribution in [0.15, 0.2) is 47.9 Å². The first kappa shape index (κ1) is 15.3. The molecule has 0 aliphatic carbocycles. The number of carbonyl (C=O) groups excluding carboxylic acids is 1. The standard InChI is InChI=1S/C15H11F3O2S/c1-20-12(9-14(19)15(16,17)18)10-4-6-11(7-5-10)13-3-2-8-21-13/h2-9H,1H3/b12-9-. The van der Waals surface area contributed by atoms with E-state index in [-0.39, 0.29) is 5.76 Å². The van der Waals surface area contributed by atoms with Crippen molar-refractivity contribution in [2.45, 2.75) is 6.18 Å². The molecule has 0 fully saturated rings. The molecule has 0 atom stereocenters. The molecule has 0 saturated carbocycles. The van der Waals surface area contributed by atoms with Crippen LogP contribution in [0.5, 0.6) is 0 Å². The summed E-state index contributed by atoms with van der Waals surface area (Å²) in [5, 5.41) is 1.94. The average Bonchev–Trinajstić information content (AvgIpc) is 2.98. The topological polar surface area (TPSA) is 26.3 Å². The van der Waals surface area contributed by atoms with Gasteiger partial charge < -0.3 is 4.74 Å². The summed E-state index contributed by atoms with van der Waals surface area (Å²) in [5.74, 6) is -2.06. The van der Waals surface area contributed by atoms with E-state index in [0.29, 0.717) is 11.6 Å². The fourth-order valence-electron chi connectivity index (χ4n) is 1.70. The lowest BCUT2D eigenvalue weighted by Gasteiger charge is -2.08. The molecule has 2 nitrogen and oxygen atoms in total. The van der Waals surface area contributed by atoms with Gasteiger partial charge in [-0.3, -0.25) is 4.79 Å². The van der Waals surface area contributed by atoms with Crippen LogP contribution >= 0.6 is 11.3 Å². The summed E-state index contributed by atoms with van der Waals surface area (Å²) < 4.78 is 41.7. The van der Waals surface area contributed by atoms with Crippen molar-refractivity contribution in [3.05, 3.63) is 53.4 Å². The Bertz CT molecular complexity index is 641. The maximum Gasteiger partial charge on any atom is 0.454 e. The lowest BCUT2D eigenvalue weighted by Crippen LogP contribution is -2.20. The van der Waals surface area contributed by atoms with Crippen molar-refractivity contribution in [3.63, 3.8) is 0 Å². The lowest BCUT2D eigenvalue weighted by atomic mass is 10.1. The van der Waals surface area contributed by atoms with Crippen LogP contribution in [0.4, 0.5) is 13.2 Å². The van der Waals surface area contributed by atoms with E-state index in [9.17, 15) is 18.0 Å². The Morgan fingerprint density at radius 2 is 1.86 bits per heavy atom. The second kappa shape index (κ2) is 6.13. The number of ketones is 1. The van der Waals surface area contributed by atoms with Gasteiger partial charge in [-0.2, -0.15) is 13.2 Å². The minimum Gasteiger partial charge on any atom is -0.496 e. The molecule has 0 N–H and O–H groups in total. The minimum absolute atomic E-state index is 0.116. The van der Waals surface area contributed by atoms with Gasteiger partial charge in [-0.1, -0.05) is 30.3 Å². The summed E-state index contributed by atoms with van der Waals surface area (Å²) >= 11 is 1.56. The number of benzene rings is 1. The fourth-order valence-corrected chi connectivity index (χ4v) is 2.44. The molecule has 0 amide bonds. The maximum atomic E-state index is 12.3. The largest absolute Gasteiger partial charge is 0.496 e. The van der Waals surface area contributed by atoms with E-state index in [0.717, 1.165) is 10.4 Å². The number of hydrogen-bond donors (Lipinski definition) is 0. The van der Waals surface area contributed by atoms with Gasteiger partial charge in [0.15, 0.2) is 0 Å². The molecule has 2 aromatic rings. The first-order chi connectivity index (χ1) is 9.91. The van der Waals surface area contributed by atoms with Crippen LogP contribution in [0.25, 0.3) is 16.2 Å². The number of methoxy groups -OCH3 is 1. The summed E-state index contributed by atoms with van der Waals surface area (Å²) in [7, 11) is 1.22. The normalized spacial score (nSPS) is 12.3. The zero-order chi connectivity index (χ0) is 15.5. The molecule has 6 heteroatoms. The highest BCUT2D eigenvalue weighted by Crippen LogP contribution is 2.27. The third-order valence-electron chi connectivity index (χ3n) is 2.74. The SMILES string of the molecule is CO/C(=C\C(=O)C(F)(F)F)c1ccc(-c2cccs2)cc1. The van der Waals surface area contributed by atoms with Crippen molar-refractivity contribution >= 4 is 22.9 Å². The van der Waals surface area contributed by atoms with Crippen LogP contribution in [0.3, 0.4) is 0 Å². The number of carbonyl (C=O) groups is 1. The summed E-state index contributed by atoms with van der Waals surface area (Å²) in [5.41, 5.74) is 1.36. The average molecular weight is 312 g/mol. The van der Waals surface area contributed by atoms with Gasteiger partial charge in [0.1, 0.15) is 5.76 Å². The number of alkyl halides is 3. The monoisotopic (exact) mass is 312 g/mol. The summed E-state index contributed by atoms with van der Waals surface area (Å²) in [6.45, 7) is 0. The second-order valence-corrected chi connectivity index (χ2v) is 5.08. The van der Waals surface area contributed by atoms with E-state index in [4.69, 9.17) is 4.74 Å². The fraction of sp³-hybridized carbons (Fsp3) is 0.133. The number of allylic oxidation sites excluding steroid dienone is 1. The van der Waals surface area contributed by atoms with Crippen LogP contribution in [-0.4, -0.2) is 19.1 Å². The Hall–Kier alpha value is -2.08. The molecule has 0 saturated heterocycles. The molecule has 0 aliphatic rings. The predicted molar refractivity (Wildman–Crippen MR) is 75.8 cm³/mol. The molecule has 0 bridgehead atoms. The highest BCUT2D eigenvalue weighted by atomic mass is 32.1. The van der Waals surface area contributed by atoms with Gasteiger partial charge in [0, 0.05) is 16.5 Å². The molecular formula is C15H11F3O2S.